The predicted octanol–water partition coefficient (Wildman–Crippen LogP) is 5.28. The maximum atomic E-state index is 13.0. The molecule has 0 spiro atoms. The Hall–Kier alpha value is -3.08. The van der Waals surface area contributed by atoms with Gasteiger partial charge in [0.05, 0.1) is 10.6 Å². The first kappa shape index (κ1) is 22.6. The Labute approximate surface area is 183 Å². The van der Waals surface area contributed by atoms with E-state index in [-0.39, 0.29) is 11.3 Å². The highest BCUT2D eigenvalue weighted by molar-refractivity contribution is 7.99. The highest BCUT2D eigenvalue weighted by Gasteiger charge is 2.33. The number of benzene rings is 2. The number of hydroxylamine groups is 1. The largest absolute Gasteiger partial charge is 0.417 e. The van der Waals surface area contributed by atoms with Gasteiger partial charge in [-0.1, -0.05) is 23.4 Å². The fourth-order valence-electron chi connectivity index (χ4n) is 2.49. The zero-order valence-electron chi connectivity index (χ0n) is 15.4. The fourth-order valence-corrected chi connectivity index (χ4v) is 3.55. The Bertz CT molecular complexity index is 1120. The van der Waals surface area contributed by atoms with Crippen LogP contribution in [0.25, 0.3) is 0 Å². The lowest BCUT2D eigenvalue weighted by molar-refractivity contribution is -0.137. The van der Waals surface area contributed by atoms with Crippen LogP contribution in [0.1, 0.15) is 26.4 Å². The predicted molar refractivity (Wildman–Crippen MR) is 108 cm³/mol. The molecule has 0 aliphatic heterocycles. The van der Waals surface area contributed by atoms with E-state index >= 15 is 0 Å². The molecular formula is C20H13ClF3N3O3S. The van der Waals surface area contributed by atoms with Crippen molar-refractivity contribution < 1.29 is 28.0 Å². The van der Waals surface area contributed by atoms with E-state index in [4.69, 9.17) is 16.8 Å². The number of nitrogens with one attached hydrogen (secondary N) is 2. The van der Waals surface area contributed by atoms with E-state index < -0.39 is 28.6 Å². The Morgan fingerprint density at radius 2 is 1.68 bits per heavy atom. The Balaban J connectivity index is 1.70. The van der Waals surface area contributed by atoms with Gasteiger partial charge in [-0.05, 0) is 54.6 Å². The molecule has 0 atom stereocenters. The van der Waals surface area contributed by atoms with E-state index in [1.165, 1.54) is 35.6 Å². The molecule has 0 saturated carbocycles. The number of alkyl halides is 3. The smallest absolute Gasteiger partial charge is 0.322 e. The summed E-state index contributed by atoms with van der Waals surface area (Å²) in [5.74, 6) is -1.45. The molecule has 0 fully saturated rings. The Kier molecular flexibility index (Phi) is 6.84. The number of hydrogen-bond acceptors (Lipinski definition) is 5. The molecule has 0 aliphatic carbocycles. The standard InChI is InChI=1S/C20H13ClF3N3O3S/c21-16-6-1-11(9-15(16)20(22,23)24)18(28)26-12-2-4-13(5-3-12)31-14-7-8-25-17(10-14)19(29)27-30/h1-10,30H,(H,26,28)(H,27,29). The van der Waals surface area contributed by atoms with Crippen molar-refractivity contribution in [1.29, 1.82) is 0 Å². The molecule has 0 radical (unpaired) electrons. The van der Waals surface area contributed by atoms with Crippen LogP contribution in [-0.4, -0.2) is 22.0 Å². The average Bonchev–Trinajstić information content (AvgIpc) is 2.74. The number of anilines is 1. The van der Waals surface area contributed by atoms with Crippen molar-refractivity contribution in [2.75, 3.05) is 5.32 Å². The molecule has 3 N–H and O–H groups in total. The van der Waals surface area contributed by atoms with Crippen LogP contribution in [0.3, 0.4) is 0 Å². The summed E-state index contributed by atoms with van der Waals surface area (Å²) in [6.45, 7) is 0. The first-order chi connectivity index (χ1) is 14.7. The minimum Gasteiger partial charge on any atom is -0.322 e. The van der Waals surface area contributed by atoms with E-state index in [0.29, 0.717) is 16.6 Å². The summed E-state index contributed by atoms with van der Waals surface area (Å²) in [7, 11) is 0. The van der Waals surface area contributed by atoms with Gasteiger partial charge in [-0.15, -0.1) is 0 Å². The van der Waals surface area contributed by atoms with Gasteiger partial charge < -0.3 is 5.32 Å². The van der Waals surface area contributed by atoms with Crippen molar-refractivity contribution in [2.45, 2.75) is 16.0 Å². The van der Waals surface area contributed by atoms with Crippen LogP contribution in [0.4, 0.5) is 18.9 Å². The van der Waals surface area contributed by atoms with Gasteiger partial charge in [0.15, 0.2) is 0 Å². The van der Waals surface area contributed by atoms with Gasteiger partial charge in [0.1, 0.15) is 5.69 Å². The maximum absolute atomic E-state index is 13.0. The lowest BCUT2D eigenvalue weighted by Crippen LogP contribution is -2.19. The van der Waals surface area contributed by atoms with Crippen LogP contribution >= 0.6 is 23.4 Å². The maximum Gasteiger partial charge on any atom is 0.417 e. The number of carbonyl (C=O) groups is 2. The zero-order valence-corrected chi connectivity index (χ0v) is 17.0. The molecule has 1 aromatic heterocycles. The summed E-state index contributed by atoms with van der Waals surface area (Å²) in [4.78, 5) is 29.1. The number of amides is 2. The molecular weight excluding hydrogens is 455 g/mol. The molecule has 11 heteroatoms. The van der Waals surface area contributed by atoms with Crippen LogP contribution in [0.5, 0.6) is 0 Å². The number of pyridine rings is 1. The average molecular weight is 468 g/mol. The molecule has 31 heavy (non-hydrogen) atoms. The number of aromatic nitrogens is 1. The lowest BCUT2D eigenvalue weighted by Gasteiger charge is -2.11. The van der Waals surface area contributed by atoms with Crippen LogP contribution < -0.4 is 10.8 Å². The summed E-state index contributed by atoms with van der Waals surface area (Å²) in [6, 6.07) is 12.7. The molecule has 160 valence electrons. The molecule has 0 saturated heterocycles. The first-order valence-electron chi connectivity index (χ1n) is 8.54. The molecule has 2 amide bonds. The van der Waals surface area contributed by atoms with Gasteiger partial charge in [-0.25, -0.2) is 5.48 Å². The third-order valence-electron chi connectivity index (χ3n) is 3.95. The lowest BCUT2D eigenvalue weighted by atomic mass is 10.1. The van der Waals surface area contributed by atoms with Crippen molar-refractivity contribution in [1.82, 2.24) is 10.5 Å². The monoisotopic (exact) mass is 467 g/mol. The summed E-state index contributed by atoms with van der Waals surface area (Å²) in [5, 5.41) is 10.7. The minimum absolute atomic E-state index is 0.0394. The molecule has 3 rings (SSSR count). The van der Waals surface area contributed by atoms with E-state index in [1.54, 1.807) is 30.3 Å². The number of carbonyl (C=O) groups excluding carboxylic acids is 2. The van der Waals surface area contributed by atoms with E-state index in [1.807, 2.05) is 0 Å². The fraction of sp³-hybridized carbons (Fsp3) is 0.0500. The van der Waals surface area contributed by atoms with Crippen LogP contribution in [0.2, 0.25) is 5.02 Å². The Morgan fingerprint density at radius 1 is 0.968 bits per heavy atom. The number of hydrogen-bond donors (Lipinski definition) is 3. The van der Waals surface area contributed by atoms with E-state index in [9.17, 15) is 22.8 Å². The van der Waals surface area contributed by atoms with Gasteiger partial charge >= 0.3 is 6.18 Å². The Morgan fingerprint density at radius 3 is 2.32 bits per heavy atom. The third-order valence-corrected chi connectivity index (χ3v) is 5.27. The number of rotatable bonds is 5. The topological polar surface area (TPSA) is 91.3 Å². The quantitative estimate of drug-likeness (QED) is 0.351. The second-order valence-electron chi connectivity index (χ2n) is 6.09. The molecule has 6 nitrogen and oxygen atoms in total. The van der Waals surface area contributed by atoms with E-state index in [0.717, 1.165) is 11.0 Å². The second kappa shape index (κ2) is 9.38. The highest BCUT2D eigenvalue weighted by Crippen LogP contribution is 2.35. The molecule has 0 unspecified atom stereocenters. The third kappa shape index (κ3) is 5.75. The van der Waals surface area contributed by atoms with Gasteiger partial charge in [0, 0.05) is 27.2 Å². The van der Waals surface area contributed by atoms with Crippen molar-refractivity contribution in [2.24, 2.45) is 0 Å². The molecule has 2 aromatic carbocycles. The first-order valence-corrected chi connectivity index (χ1v) is 9.73. The van der Waals surface area contributed by atoms with Gasteiger partial charge in [-0.3, -0.25) is 19.8 Å². The SMILES string of the molecule is O=C(Nc1ccc(Sc2ccnc(C(=O)NO)c2)cc1)c1ccc(Cl)c(C(F)(F)F)c1. The van der Waals surface area contributed by atoms with Crippen molar-refractivity contribution in [3.05, 3.63) is 82.6 Å². The number of halogens is 4. The summed E-state index contributed by atoms with van der Waals surface area (Å²) in [5.41, 5.74) is 0.665. The van der Waals surface area contributed by atoms with Crippen LogP contribution in [0, 0.1) is 0 Å². The normalized spacial score (nSPS) is 11.1. The second-order valence-corrected chi connectivity index (χ2v) is 7.64. The van der Waals surface area contributed by atoms with Crippen molar-refractivity contribution in [3.63, 3.8) is 0 Å². The van der Waals surface area contributed by atoms with E-state index in [2.05, 4.69) is 10.3 Å². The molecule has 0 bridgehead atoms. The van der Waals surface area contributed by atoms with Gasteiger partial charge in [-0.2, -0.15) is 13.2 Å². The van der Waals surface area contributed by atoms with Crippen molar-refractivity contribution in [3.8, 4) is 0 Å². The van der Waals surface area contributed by atoms with Crippen molar-refractivity contribution >= 4 is 40.9 Å². The zero-order chi connectivity index (χ0) is 22.6. The highest BCUT2D eigenvalue weighted by atomic mass is 35.5. The van der Waals surface area contributed by atoms with Gasteiger partial charge in [0.25, 0.3) is 11.8 Å². The van der Waals surface area contributed by atoms with Crippen LogP contribution in [-0.2, 0) is 6.18 Å². The summed E-state index contributed by atoms with van der Waals surface area (Å²) >= 11 is 6.88. The summed E-state index contributed by atoms with van der Waals surface area (Å²) in [6.07, 6.45) is -3.25. The molecule has 1 heterocycles. The van der Waals surface area contributed by atoms with Gasteiger partial charge in [0.2, 0.25) is 0 Å². The minimum atomic E-state index is -4.67. The molecule has 3 aromatic rings. The molecule has 0 aliphatic rings. The number of nitrogens with zero attached hydrogens (tertiary/aromatic N) is 1. The van der Waals surface area contributed by atoms with Crippen LogP contribution in [0.15, 0.2) is 70.6 Å². The summed E-state index contributed by atoms with van der Waals surface area (Å²) < 4.78 is 38.9.